The van der Waals surface area contributed by atoms with Crippen LogP contribution in [0.1, 0.15) is 12.6 Å². The third-order valence-electron chi connectivity index (χ3n) is 2.22. The first-order chi connectivity index (χ1) is 6.70. The highest BCUT2D eigenvalue weighted by molar-refractivity contribution is 5.90. The molecule has 3 heteroatoms. The van der Waals surface area contributed by atoms with Gasteiger partial charge in [0.05, 0.1) is 5.52 Å². The van der Waals surface area contributed by atoms with Crippen molar-refractivity contribution in [1.29, 1.82) is 0 Å². The molecule has 72 valence electrons. The van der Waals surface area contributed by atoms with Crippen molar-refractivity contribution in [2.45, 2.75) is 13.3 Å². The number of aryl methyl sites for hydroxylation is 1. The second-order valence-corrected chi connectivity index (χ2v) is 3.22. The first-order valence-electron chi connectivity index (χ1n) is 4.55. The summed E-state index contributed by atoms with van der Waals surface area (Å²) in [5.41, 5.74) is 8.07. The zero-order chi connectivity index (χ0) is 10.1. The van der Waals surface area contributed by atoms with E-state index in [0.717, 1.165) is 17.6 Å². The number of fused-ring (bicyclic) bond motifs is 1. The molecule has 0 atom stereocenters. The normalized spacial score (nSPS) is 10.7. The fourth-order valence-electron chi connectivity index (χ4n) is 1.46. The van der Waals surface area contributed by atoms with Crippen LogP contribution in [0.5, 0.6) is 0 Å². The number of halogens is 1. The Kier molecular flexibility index (Phi) is 2.08. The number of anilines is 1. The van der Waals surface area contributed by atoms with Crippen molar-refractivity contribution in [2.24, 2.45) is 0 Å². The molecule has 2 nitrogen and oxygen atoms in total. The Morgan fingerprint density at radius 2 is 2.14 bits per heavy atom. The van der Waals surface area contributed by atoms with Crippen LogP contribution < -0.4 is 5.73 Å². The molecule has 0 radical (unpaired) electrons. The number of pyridine rings is 1. The minimum absolute atomic E-state index is 0.282. The molecule has 2 rings (SSSR count). The molecule has 0 amide bonds. The van der Waals surface area contributed by atoms with Gasteiger partial charge in [-0.25, -0.2) is 4.39 Å². The monoisotopic (exact) mass is 190 g/mol. The van der Waals surface area contributed by atoms with E-state index in [-0.39, 0.29) is 5.82 Å². The Morgan fingerprint density at radius 3 is 2.86 bits per heavy atom. The Balaban J connectivity index is 2.76. The molecule has 0 saturated carbocycles. The van der Waals surface area contributed by atoms with Crippen LogP contribution in [0.15, 0.2) is 24.3 Å². The average Bonchev–Trinajstić information content (AvgIpc) is 2.19. The third-order valence-corrected chi connectivity index (χ3v) is 2.22. The van der Waals surface area contributed by atoms with Crippen molar-refractivity contribution in [1.82, 2.24) is 4.98 Å². The molecular weight excluding hydrogens is 179 g/mol. The topological polar surface area (TPSA) is 38.9 Å². The Morgan fingerprint density at radius 1 is 1.36 bits per heavy atom. The van der Waals surface area contributed by atoms with Gasteiger partial charge in [0.15, 0.2) is 0 Å². The molecule has 0 saturated heterocycles. The van der Waals surface area contributed by atoms with Crippen molar-refractivity contribution >= 4 is 16.6 Å². The van der Waals surface area contributed by atoms with Crippen LogP contribution in [0.4, 0.5) is 10.1 Å². The number of nitrogens with two attached hydrogens (primary N) is 1. The predicted octanol–water partition coefficient (Wildman–Crippen LogP) is 2.52. The molecule has 0 bridgehead atoms. The Hall–Kier alpha value is -1.64. The van der Waals surface area contributed by atoms with Crippen LogP contribution >= 0.6 is 0 Å². The van der Waals surface area contributed by atoms with Gasteiger partial charge in [0.2, 0.25) is 0 Å². The zero-order valence-electron chi connectivity index (χ0n) is 7.92. The predicted molar refractivity (Wildman–Crippen MR) is 55.5 cm³/mol. The zero-order valence-corrected chi connectivity index (χ0v) is 7.92. The van der Waals surface area contributed by atoms with Gasteiger partial charge in [-0.3, -0.25) is 4.98 Å². The van der Waals surface area contributed by atoms with Gasteiger partial charge in [-0.15, -0.1) is 0 Å². The minimum Gasteiger partial charge on any atom is -0.398 e. The van der Waals surface area contributed by atoms with Crippen LogP contribution in [0.3, 0.4) is 0 Å². The lowest BCUT2D eigenvalue weighted by molar-refractivity contribution is 0.629. The SMILES string of the molecule is CCc1cc(N)c2cc(F)ccc2n1. The number of nitrogens with zero attached hydrogens (tertiary/aromatic N) is 1. The van der Waals surface area contributed by atoms with Gasteiger partial charge in [0.1, 0.15) is 5.82 Å². The lowest BCUT2D eigenvalue weighted by Crippen LogP contribution is -1.94. The summed E-state index contributed by atoms with van der Waals surface area (Å²) in [5.74, 6) is -0.282. The van der Waals surface area contributed by atoms with Gasteiger partial charge in [-0.05, 0) is 30.7 Å². The summed E-state index contributed by atoms with van der Waals surface area (Å²) in [6.07, 6.45) is 0.831. The van der Waals surface area contributed by atoms with Gasteiger partial charge >= 0.3 is 0 Å². The number of hydrogen-bond donors (Lipinski definition) is 1. The summed E-state index contributed by atoms with van der Waals surface area (Å²) in [5, 5.41) is 0.683. The molecule has 1 aromatic heterocycles. The van der Waals surface area contributed by atoms with Gasteiger partial charge in [-0.2, -0.15) is 0 Å². The number of rotatable bonds is 1. The van der Waals surface area contributed by atoms with E-state index >= 15 is 0 Å². The second-order valence-electron chi connectivity index (χ2n) is 3.22. The molecule has 2 aromatic rings. The maximum atomic E-state index is 12.9. The number of hydrogen-bond acceptors (Lipinski definition) is 2. The first kappa shape index (κ1) is 8.94. The molecule has 1 heterocycles. The van der Waals surface area contributed by atoms with E-state index in [2.05, 4.69) is 4.98 Å². The Labute approximate surface area is 81.6 Å². The largest absolute Gasteiger partial charge is 0.398 e. The lowest BCUT2D eigenvalue weighted by atomic mass is 10.1. The van der Waals surface area contributed by atoms with E-state index in [1.165, 1.54) is 12.1 Å². The summed E-state index contributed by atoms with van der Waals surface area (Å²) in [4.78, 5) is 4.35. The van der Waals surface area contributed by atoms with Gasteiger partial charge in [0.25, 0.3) is 0 Å². The van der Waals surface area contributed by atoms with Crippen LogP contribution in [0.25, 0.3) is 10.9 Å². The van der Waals surface area contributed by atoms with Crippen LogP contribution in [-0.4, -0.2) is 4.98 Å². The minimum atomic E-state index is -0.282. The van der Waals surface area contributed by atoms with Crippen LogP contribution in [0.2, 0.25) is 0 Å². The van der Waals surface area contributed by atoms with E-state index in [1.54, 1.807) is 12.1 Å². The summed E-state index contributed by atoms with van der Waals surface area (Å²) in [7, 11) is 0. The van der Waals surface area contributed by atoms with E-state index in [0.29, 0.717) is 11.1 Å². The number of aromatic nitrogens is 1. The van der Waals surface area contributed by atoms with Crippen LogP contribution in [-0.2, 0) is 6.42 Å². The van der Waals surface area contributed by atoms with Crippen molar-refractivity contribution in [3.8, 4) is 0 Å². The number of benzene rings is 1. The summed E-state index contributed by atoms with van der Waals surface area (Å²) < 4.78 is 12.9. The quantitative estimate of drug-likeness (QED) is 0.750. The maximum Gasteiger partial charge on any atom is 0.124 e. The first-order valence-corrected chi connectivity index (χ1v) is 4.55. The van der Waals surface area contributed by atoms with Crippen molar-refractivity contribution in [3.05, 3.63) is 35.8 Å². The summed E-state index contributed by atoms with van der Waals surface area (Å²) >= 11 is 0. The molecule has 0 spiro atoms. The highest BCUT2D eigenvalue weighted by Gasteiger charge is 2.03. The number of nitrogen functional groups attached to an aromatic ring is 1. The standard InChI is InChI=1S/C11H11FN2/c1-2-8-6-10(13)9-5-7(12)3-4-11(9)14-8/h3-6H,2H2,1H3,(H2,13,14). The molecule has 0 aliphatic heterocycles. The van der Waals surface area contributed by atoms with E-state index in [4.69, 9.17) is 5.73 Å². The Bertz CT molecular complexity index is 480. The molecule has 2 N–H and O–H groups in total. The molecule has 0 aliphatic carbocycles. The smallest absolute Gasteiger partial charge is 0.124 e. The van der Waals surface area contributed by atoms with Crippen molar-refractivity contribution in [2.75, 3.05) is 5.73 Å². The van der Waals surface area contributed by atoms with Gasteiger partial charge in [0, 0.05) is 16.8 Å². The highest BCUT2D eigenvalue weighted by Crippen LogP contribution is 2.21. The van der Waals surface area contributed by atoms with E-state index < -0.39 is 0 Å². The lowest BCUT2D eigenvalue weighted by Gasteiger charge is -2.04. The van der Waals surface area contributed by atoms with Crippen molar-refractivity contribution < 1.29 is 4.39 Å². The molecule has 0 unspecified atom stereocenters. The van der Waals surface area contributed by atoms with E-state index in [9.17, 15) is 4.39 Å². The molecule has 0 aliphatic rings. The van der Waals surface area contributed by atoms with E-state index in [1.807, 2.05) is 6.92 Å². The maximum absolute atomic E-state index is 12.9. The van der Waals surface area contributed by atoms with Crippen molar-refractivity contribution in [3.63, 3.8) is 0 Å². The summed E-state index contributed by atoms with van der Waals surface area (Å²) in [6.45, 7) is 2.01. The molecular formula is C11H11FN2. The third kappa shape index (κ3) is 1.41. The van der Waals surface area contributed by atoms with Crippen LogP contribution in [0, 0.1) is 5.82 Å². The second kappa shape index (κ2) is 3.25. The van der Waals surface area contributed by atoms with Gasteiger partial charge < -0.3 is 5.73 Å². The molecule has 14 heavy (non-hydrogen) atoms. The fraction of sp³-hybridized carbons (Fsp3) is 0.182. The fourth-order valence-corrected chi connectivity index (χ4v) is 1.46. The highest BCUT2D eigenvalue weighted by atomic mass is 19.1. The molecule has 1 aromatic carbocycles. The molecule has 0 fully saturated rings. The van der Waals surface area contributed by atoms with Gasteiger partial charge in [-0.1, -0.05) is 6.92 Å². The summed E-state index contributed by atoms with van der Waals surface area (Å²) in [6, 6.07) is 6.26. The average molecular weight is 190 g/mol.